The smallest absolute Gasteiger partial charge is 0.374 e. The Kier molecular flexibility index (Phi) is 44.4. The summed E-state index contributed by atoms with van der Waals surface area (Å²) in [6.07, 6.45) is 1.89. The minimum atomic E-state index is -3.91. The number of hydrogen-bond donors (Lipinski definition) is 4. The largest absolute Gasteiger partial charge is 0.500 e. The molecule has 14 nitrogen and oxygen atoms in total. The van der Waals surface area contributed by atoms with Gasteiger partial charge in [-0.2, -0.15) is 0 Å². The van der Waals surface area contributed by atoms with Crippen LogP contribution in [0.5, 0.6) is 0 Å². The van der Waals surface area contributed by atoms with Crippen molar-refractivity contribution in [1.82, 2.24) is 10.6 Å². The molecule has 0 atom stereocenters. The molecule has 0 saturated heterocycles. The number of alkyl halides is 2. The molecule has 0 aromatic rings. The van der Waals surface area contributed by atoms with Gasteiger partial charge in [0.15, 0.2) is 0 Å². The highest BCUT2D eigenvalue weighted by Crippen LogP contribution is 2.47. The van der Waals surface area contributed by atoms with Crippen LogP contribution >= 0.6 is 53.7 Å². The van der Waals surface area contributed by atoms with E-state index in [0.29, 0.717) is 84.7 Å². The molecular weight excluding hydrogens is 877 g/mol. The lowest BCUT2D eigenvalue weighted by molar-refractivity contribution is 0.0700. The summed E-state index contributed by atoms with van der Waals surface area (Å²) in [4.78, 5) is 17.5. The van der Waals surface area contributed by atoms with Crippen molar-refractivity contribution < 1.29 is 54.5 Å². The second-order valence-electron chi connectivity index (χ2n) is 11.4. The Bertz CT molecular complexity index is 827. The molecule has 0 amide bonds. The van der Waals surface area contributed by atoms with Gasteiger partial charge in [0.2, 0.25) is 0 Å². The first-order chi connectivity index (χ1) is 24.3. The minimum Gasteiger partial charge on any atom is -0.374 e. The minimum absolute atomic E-state index is 0.141. The third-order valence-electron chi connectivity index (χ3n) is 5.65. The predicted octanol–water partition coefficient (Wildman–Crippen LogP) is 8.11. The van der Waals surface area contributed by atoms with Crippen LogP contribution < -0.4 is 10.6 Å². The van der Waals surface area contributed by atoms with Gasteiger partial charge in [-0.25, -0.2) is 0 Å². The zero-order chi connectivity index (χ0) is 41.0. The van der Waals surface area contributed by atoms with E-state index >= 15 is 0 Å². The molecule has 0 bridgehead atoms. The zero-order valence-electron chi connectivity index (χ0n) is 33.9. The van der Waals surface area contributed by atoms with Gasteiger partial charge >= 0.3 is 32.8 Å². The van der Waals surface area contributed by atoms with Gasteiger partial charge in [-0.3, -0.25) is 9.13 Å². The Morgan fingerprint density at radius 3 is 1.06 bits per heavy atom. The van der Waals surface area contributed by atoms with Crippen molar-refractivity contribution in [3.8, 4) is 0 Å². The van der Waals surface area contributed by atoms with Gasteiger partial charge in [-0.05, 0) is 81.3 Å². The van der Waals surface area contributed by atoms with Gasteiger partial charge < -0.3 is 56.0 Å². The Balaban J connectivity index is -0.000000370. The average Bonchev–Trinajstić information content (AvgIpc) is 3.01. The predicted molar refractivity (Wildman–Crippen MR) is 227 cm³/mol. The van der Waals surface area contributed by atoms with Crippen LogP contribution in [0.15, 0.2) is 0 Å². The first-order valence-electron chi connectivity index (χ1n) is 18.3. The quantitative estimate of drug-likeness (QED) is 0.0179. The lowest BCUT2D eigenvalue weighted by atomic mass is 10.5. The van der Waals surface area contributed by atoms with E-state index in [1.807, 2.05) is 55.4 Å². The summed E-state index contributed by atoms with van der Waals surface area (Å²) in [5.41, 5.74) is 0. The standard InChI is InChI=1S/C15H36NO6PSi.C11H28NO6PSi.C3H9BrSi.CH2Cl2/c1-6-18-23(17,19-7-2)14-13-16-12-11-15-24(20-8-3,21-9-4)22-10-5;1-4-16-20(17-5-2,18-6-3)11-7-8-12-9-10-19(13,14)15;1-5(2,3)4;2-1-3/h16H,6-15H2,1-5H3;12H,4-11H2,1-3H3,(H2,13,14,15);1-3H3;1H2. The molecule has 0 aromatic heterocycles. The van der Waals surface area contributed by atoms with Crippen LogP contribution in [-0.4, -0.2) is 131 Å². The van der Waals surface area contributed by atoms with Gasteiger partial charge in [0.1, 0.15) is 6.69 Å². The average molecular weight is 953 g/mol. The Labute approximate surface area is 338 Å². The summed E-state index contributed by atoms with van der Waals surface area (Å²) in [5.74, 6) is 0. The topological polar surface area (TPSA) is 172 Å². The summed E-state index contributed by atoms with van der Waals surface area (Å²) in [6.45, 7) is 27.7. The van der Waals surface area contributed by atoms with Crippen LogP contribution in [0.1, 0.15) is 68.2 Å². The van der Waals surface area contributed by atoms with Gasteiger partial charge in [-0.15, -0.1) is 38.5 Å². The Morgan fingerprint density at radius 2 is 0.827 bits per heavy atom. The van der Waals surface area contributed by atoms with Crippen LogP contribution in [-0.2, 0) is 44.7 Å². The number of hydrogen-bond acceptors (Lipinski definition) is 12. The molecule has 22 heteroatoms. The monoisotopic (exact) mass is 950 g/mol. The SMILES string of the molecule is CCO[Si](CCCNCCP(=O)(O)O)(OCC)OCC.CCO[Si](CCCNCCP(=O)(OCC)OCC)(OCC)OCC.C[Si](C)(C)Br.ClCCl. The first kappa shape index (κ1) is 60.4. The van der Waals surface area contributed by atoms with E-state index in [1.165, 1.54) is 0 Å². The summed E-state index contributed by atoms with van der Waals surface area (Å²) in [5, 5.41) is 6.48. The second-order valence-corrected chi connectivity index (χ2v) is 32.9. The van der Waals surface area contributed by atoms with E-state index in [-0.39, 0.29) is 11.5 Å². The van der Waals surface area contributed by atoms with Crippen LogP contribution in [0.4, 0.5) is 0 Å². The number of halogens is 3. The fourth-order valence-corrected chi connectivity index (χ4v) is 11.3. The van der Waals surface area contributed by atoms with Crippen molar-refractivity contribution >= 4 is 78.0 Å². The molecule has 0 saturated carbocycles. The molecule has 0 heterocycles. The Hall–Kier alpha value is 1.69. The molecule has 0 radical (unpaired) electrons. The van der Waals surface area contributed by atoms with Crippen molar-refractivity contribution in [2.45, 2.75) is 100.0 Å². The van der Waals surface area contributed by atoms with Crippen molar-refractivity contribution in [2.75, 3.05) is 96.7 Å². The maximum absolute atomic E-state index is 12.3. The lowest BCUT2D eigenvalue weighted by Crippen LogP contribution is -2.46. The van der Waals surface area contributed by atoms with E-state index in [1.54, 1.807) is 0 Å². The van der Waals surface area contributed by atoms with Crippen molar-refractivity contribution in [3.63, 3.8) is 0 Å². The molecule has 0 unspecified atom stereocenters. The number of rotatable bonds is 30. The number of nitrogens with one attached hydrogen (secondary N) is 2. The molecule has 4 N–H and O–H groups in total. The maximum atomic E-state index is 12.3. The van der Waals surface area contributed by atoms with Crippen molar-refractivity contribution in [1.29, 1.82) is 0 Å². The molecule has 0 fully saturated rings. The van der Waals surface area contributed by atoms with Crippen LogP contribution in [0, 0.1) is 0 Å². The third-order valence-corrected chi connectivity index (χ3v) is 14.8. The molecule has 0 aromatic carbocycles. The molecule has 0 aliphatic rings. The Morgan fingerprint density at radius 1 is 0.558 bits per heavy atom. The molecule has 52 heavy (non-hydrogen) atoms. The second kappa shape index (κ2) is 38.2. The van der Waals surface area contributed by atoms with Crippen LogP contribution in [0.2, 0.25) is 31.7 Å². The summed E-state index contributed by atoms with van der Waals surface area (Å²) < 4.78 is 68.1. The molecule has 0 spiro atoms. The summed E-state index contributed by atoms with van der Waals surface area (Å²) in [7, 11) is -12.0. The fraction of sp³-hybridized carbons (Fsp3) is 1.00. The highest BCUT2D eigenvalue weighted by atomic mass is 79.9. The first-order valence-corrected chi connectivity index (χ1v) is 32.5. The van der Waals surface area contributed by atoms with Crippen molar-refractivity contribution in [2.24, 2.45) is 0 Å². The molecule has 0 rings (SSSR count). The van der Waals surface area contributed by atoms with Gasteiger partial charge in [0, 0.05) is 64.8 Å². The highest BCUT2D eigenvalue weighted by molar-refractivity contribution is 9.26. The molecule has 0 aliphatic carbocycles. The molecular formula is C30H75BrCl2N2O12P2Si3. The zero-order valence-corrected chi connectivity index (χ0v) is 41.8. The maximum Gasteiger partial charge on any atom is 0.500 e. The van der Waals surface area contributed by atoms with Gasteiger partial charge in [0.05, 0.1) is 30.9 Å². The molecule has 320 valence electrons. The summed E-state index contributed by atoms with van der Waals surface area (Å²) >= 11 is 13.0. The van der Waals surface area contributed by atoms with Crippen molar-refractivity contribution in [3.05, 3.63) is 0 Å². The van der Waals surface area contributed by atoms with E-state index in [4.69, 9.17) is 68.6 Å². The lowest BCUT2D eigenvalue weighted by Gasteiger charge is -2.28. The highest BCUT2D eigenvalue weighted by Gasteiger charge is 2.40. The van der Waals surface area contributed by atoms with E-state index in [2.05, 4.69) is 45.6 Å². The fourth-order valence-electron chi connectivity index (χ4n) is 4.11. The normalized spacial score (nSPS) is 12.3. The van der Waals surface area contributed by atoms with Crippen LogP contribution in [0.3, 0.4) is 0 Å². The van der Waals surface area contributed by atoms with E-state index in [0.717, 1.165) is 25.4 Å². The van der Waals surface area contributed by atoms with E-state index in [9.17, 15) is 9.13 Å². The van der Waals surface area contributed by atoms with E-state index < -0.39 is 39.5 Å². The van der Waals surface area contributed by atoms with Crippen LogP contribution in [0.25, 0.3) is 0 Å². The van der Waals surface area contributed by atoms with Gasteiger partial charge in [0.25, 0.3) is 0 Å². The molecule has 0 aliphatic heterocycles. The third kappa shape index (κ3) is 42.8. The summed E-state index contributed by atoms with van der Waals surface area (Å²) in [6, 6.07) is 1.47. The van der Waals surface area contributed by atoms with Gasteiger partial charge in [-0.1, -0.05) is 19.6 Å².